The highest BCUT2D eigenvalue weighted by atomic mass is 15.2. The van der Waals surface area contributed by atoms with Crippen molar-refractivity contribution in [2.24, 2.45) is 11.3 Å². The average molecular weight is 181 g/mol. The van der Waals surface area contributed by atoms with Crippen molar-refractivity contribution in [1.29, 1.82) is 0 Å². The van der Waals surface area contributed by atoms with E-state index in [9.17, 15) is 0 Å². The number of hydrogen-bond acceptors (Lipinski definition) is 1. The Morgan fingerprint density at radius 3 is 2.31 bits per heavy atom. The van der Waals surface area contributed by atoms with Gasteiger partial charge >= 0.3 is 0 Å². The summed E-state index contributed by atoms with van der Waals surface area (Å²) in [6, 6.07) is 0. The molecule has 0 bridgehead atoms. The highest BCUT2D eigenvalue weighted by Gasteiger charge is 2.51. The van der Waals surface area contributed by atoms with Crippen LogP contribution in [0.4, 0.5) is 0 Å². The number of likely N-dealkylation sites (tertiary alicyclic amines) is 1. The van der Waals surface area contributed by atoms with E-state index in [4.69, 9.17) is 0 Å². The molecule has 1 aliphatic carbocycles. The molecule has 0 N–H and O–H groups in total. The molecule has 1 unspecified atom stereocenters. The Kier molecular flexibility index (Phi) is 1.99. The third kappa shape index (κ3) is 1.63. The van der Waals surface area contributed by atoms with Gasteiger partial charge in [-0.05, 0) is 57.9 Å². The van der Waals surface area contributed by atoms with Gasteiger partial charge in [-0.2, -0.15) is 0 Å². The van der Waals surface area contributed by atoms with Gasteiger partial charge in [0.2, 0.25) is 0 Å². The molecule has 0 aromatic heterocycles. The molecule has 1 saturated carbocycles. The van der Waals surface area contributed by atoms with Crippen LogP contribution in [-0.4, -0.2) is 23.5 Å². The van der Waals surface area contributed by atoms with Crippen LogP contribution in [-0.2, 0) is 0 Å². The fraction of sp³-hybridized carbons (Fsp3) is 1.00. The van der Waals surface area contributed by atoms with Gasteiger partial charge in [0, 0.05) is 12.1 Å². The van der Waals surface area contributed by atoms with Gasteiger partial charge in [-0.15, -0.1) is 0 Å². The molecule has 0 amide bonds. The molecule has 1 heterocycles. The molecule has 1 atom stereocenters. The molecule has 2 aliphatic rings. The topological polar surface area (TPSA) is 3.24 Å². The molecule has 0 aromatic carbocycles. The Balaban J connectivity index is 2.04. The molecule has 2 rings (SSSR count). The minimum absolute atomic E-state index is 0.385. The van der Waals surface area contributed by atoms with E-state index in [-0.39, 0.29) is 0 Å². The highest BCUT2D eigenvalue weighted by Crippen LogP contribution is 2.56. The van der Waals surface area contributed by atoms with Crippen molar-refractivity contribution in [3.05, 3.63) is 0 Å². The molecule has 1 nitrogen and oxygen atoms in total. The summed E-state index contributed by atoms with van der Waals surface area (Å²) < 4.78 is 0. The second kappa shape index (κ2) is 2.73. The molecular weight excluding hydrogens is 158 g/mol. The second-order valence-electron chi connectivity index (χ2n) is 6.14. The minimum Gasteiger partial charge on any atom is -0.298 e. The van der Waals surface area contributed by atoms with Gasteiger partial charge in [0.1, 0.15) is 0 Å². The molecule has 1 saturated heterocycles. The Bertz CT molecular complexity index is 198. The molecule has 13 heavy (non-hydrogen) atoms. The first-order chi connectivity index (χ1) is 5.94. The van der Waals surface area contributed by atoms with Crippen LogP contribution in [0.5, 0.6) is 0 Å². The summed E-state index contributed by atoms with van der Waals surface area (Å²) in [5.74, 6) is 0.978. The fourth-order valence-corrected chi connectivity index (χ4v) is 2.65. The maximum absolute atomic E-state index is 2.68. The van der Waals surface area contributed by atoms with E-state index in [0.717, 1.165) is 11.3 Å². The van der Waals surface area contributed by atoms with E-state index >= 15 is 0 Å². The van der Waals surface area contributed by atoms with Crippen LogP contribution < -0.4 is 0 Å². The summed E-state index contributed by atoms with van der Waals surface area (Å²) in [5, 5.41) is 0. The standard InChI is InChI=1S/C12H23N/c1-10-5-8-13(11(2,3)4)9-12(10)6-7-12/h10H,5-9H2,1-4H3. The molecular formula is C12H23N. The van der Waals surface area contributed by atoms with Crippen LogP contribution in [0, 0.1) is 11.3 Å². The SMILES string of the molecule is CC1CCN(C(C)(C)C)CC12CC2. The summed E-state index contributed by atoms with van der Waals surface area (Å²) in [6.07, 6.45) is 4.39. The normalized spacial score (nSPS) is 33.7. The Labute approximate surface area is 82.5 Å². The van der Waals surface area contributed by atoms with Gasteiger partial charge in [-0.25, -0.2) is 0 Å². The van der Waals surface area contributed by atoms with Gasteiger partial charge in [-0.1, -0.05) is 6.92 Å². The third-order valence-electron chi connectivity index (χ3n) is 4.22. The van der Waals surface area contributed by atoms with Gasteiger partial charge in [0.25, 0.3) is 0 Å². The quantitative estimate of drug-likeness (QED) is 0.555. The van der Waals surface area contributed by atoms with Crippen LogP contribution in [0.25, 0.3) is 0 Å². The average Bonchev–Trinajstić information content (AvgIpc) is 2.75. The Hall–Kier alpha value is -0.0400. The maximum Gasteiger partial charge on any atom is 0.0125 e. The van der Waals surface area contributed by atoms with Crippen molar-refractivity contribution < 1.29 is 0 Å². The zero-order valence-corrected chi connectivity index (χ0v) is 9.56. The van der Waals surface area contributed by atoms with Gasteiger partial charge in [-0.3, -0.25) is 4.90 Å². The number of rotatable bonds is 0. The predicted octanol–water partition coefficient (Wildman–Crippen LogP) is 2.91. The lowest BCUT2D eigenvalue weighted by atomic mass is 9.82. The van der Waals surface area contributed by atoms with Crippen molar-refractivity contribution in [1.82, 2.24) is 4.90 Å². The van der Waals surface area contributed by atoms with Crippen LogP contribution in [0.2, 0.25) is 0 Å². The molecule has 1 spiro atoms. The third-order valence-corrected chi connectivity index (χ3v) is 4.22. The lowest BCUT2D eigenvalue weighted by Gasteiger charge is -2.44. The lowest BCUT2D eigenvalue weighted by molar-refractivity contribution is 0.0406. The van der Waals surface area contributed by atoms with Gasteiger partial charge in [0.15, 0.2) is 0 Å². The molecule has 1 aliphatic heterocycles. The fourth-order valence-electron chi connectivity index (χ4n) is 2.65. The monoisotopic (exact) mass is 181 g/mol. The van der Waals surface area contributed by atoms with Crippen LogP contribution in [0.15, 0.2) is 0 Å². The maximum atomic E-state index is 2.68. The zero-order valence-electron chi connectivity index (χ0n) is 9.56. The first kappa shape index (κ1) is 9.51. The number of nitrogens with zero attached hydrogens (tertiary/aromatic N) is 1. The minimum atomic E-state index is 0.385. The van der Waals surface area contributed by atoms with E-state index < -0.39 is 0 Å². The smallest absolute Gasteiger partial charge is 0.0125 e. The highest BCUT2D eigenvalue weighted by molar-refractivity contribution is 5.03. The molecule has 0 aromatic rings. The van der Waals surface area contributed by atoms with Crippen molar-refractivity contribution in [2.75, 3.05) is 13.1 Å². The van der Waals surface area contributed by atoms with E-state index in [1.165, 1.54) is 32.4 Å². The summed E-state index contributed by atoms with van der Waals surface area (Å²) in [4.78, 5) is 2.68. The van der Waals surface area contributed by atoms with Crippen molar-refractivity contribution in [3.8, 4) is 0 Å². The van der Waals surface area contributed by atoms with E-state index in [0.29, 0.717) is 5.54 Å². The van der Waals surface area contributed by atoms with Gasteiger partial charge in [0.05, 0.1) is 0 Å². The van der Waals surface area contributed by atoms with Crippen LogP contribution >= 0.6 is 0 Å². The Morgan fingerprint density at radius 2 is 1.85 bits per heavy atom. The van der Waals surface area contributed by atoms with E-state index in [2.05, 4.69) is 32.6 Å². The summed E-state index contributed by atoms with van der Waals surface area (Å²) >= 11 is 0. The number of hydrogen-bond donors (Lipinski definition) is 0. The molecule has 76 valence electrons. The molecule has 2 fully saturated rings. The predicted molar refractivity (Wildman–Crippen MR) is 56.8 cm³/mol. The van der Waals surface area contributed by atoms with E-state index in [1.807, 2.05) is 0 Å². The summed E-state index contributed by atoms with van der Waals surface area (Å²) in [5.41, 5.74) is 1.13. The van der Waals surface area contributed by atoms with Crippen molar-refractivity contribution >= 4 is 0 Å². The van der Waals surface area contributed by atoms with Crippen LogP contribution in [0.3, 0.4) is 0 Å². The number of piperidine rings is 1. The van der Waals surface area contributed by atoms with Crippen molar-refractivity contribution in [3.63, 3.8) is 0 Å². The summed E-state index contributed by atoms with van der Waals surface area (Å²) in [6.45, 7) is 12.2. The van der Waals surface area contributed by atoms with Gasteiger partial charge < -0.3 is 0 Å². The largest absolute Gasteiger partial charge is 0.298 e. The second-order valence-corrected chi connectivity index (χ2v) is 6.14. The first-order valence-electron chi connectivity index (χ1n) is 5.69. The molecule has 0 radical (unpaired) electrons. The zero-order chi connectivity index (χ0) is 9.69. The van der Waals surface area contributed by atoms with E-state index in [1.54, 1.807) is 0 Å². The van der Waals surface area contributed by atoms with Crippen LogP contribution in [0.1, 0.15) is 47.0 Å². The molecule has 1 heteroatoms. The Morgan fingerprint density at radius 1 is 1.23 bits per heavy atom. The first-order valence-corrected chi connectivity index (χ1v) is 5.69. The van der Waals surface area contributed by atoms with Crippen molar-refractivity contribution in [2.45, 2.75) is 52.5 Å². The summed E-state index contributed by atoms with van der Waals surface area (Å²) in [7, 11) is 0. The lowest BCUT2D eigenvalue weighted by Crippen LogP contribution is -2.50.